The van der Waals surface area contributed by atoms with E-state index in [4.69, 9.17) is 21.3 Å². The van der Waals surface area contributed by atoms with Gasteiger partial charge in [-0.1, -0.05) is 61.8 Å². The number of aryl methyl sites for hydroxylation is 3. The summed E-state index contributed by atoms with van der Waals surface area (Å²) in [5.41, 5.74) is 9.78. The maximum absolute atomic E-state index is 14.4. The van der Waals surface area contributed by atoms with Crippen LogP contribution in [0.15, 0.2) is 83.7 Å². The van der Waals surface area contributed by atoms with Gasteiger partial charge in [0.2, 0.25) is 17.7 Å². The molecule has 5 aromatic heterocycles. The number of thiazole rings is 1. The Morgan fingerprint density at radius 2 is 1.68 bits per heavy atom. The summed E-state index contributed by atoms with van der Waals surface area (Å²) in [5.74, 6) is 0.339. The first-order valence-electron chi connectivity index (χ1n) is 24.1. The largest absolute Gasteiger partial charge is 0.460 e. The number of halogens is 1. The van der Waals surface area contributed by atoms with E-state index in [1.165, 1.54) is 9.78 Å². The predicted molar refractivity (Wildman–Crippen MR) is 276 cm³/mol. The third-order valence-corrected chi connectivity index (χ3v) is 16.2. The van der Waals surface area contributed by atoms with Crippen molar-refractivity contribution in [3.63, 3.8) is 0 Å². The van der Waals surface area contributed by atoms with E-state index in [0.29, 0.717) is 34.9 Å². The molecule has 7 heterocycles. The monoisotopic (exact) mass is 1030 g/mol. The lowest BCUT2D eigenvalue weighted by Gasteiger charge is -2.35. The van der Waals surface area contributed by atoms with E-state index in [2.05, 4.69) is 54.7 Å². The Morgan fingerprint density at radius 1 is 0.931 bits per heavy atom. The van der Waals surface area contributed by atoms with Gasteiger partial charge in [-0.15, -0.1) is 32.9 Å². The van der Waals surface area contributed by atoms with Crippen molar-refractivity contribution in [1.29, 1.82) is 0 Å². The molecule has 372 valence electrons. The summed E-state index contributed by atoms with van der Waals surface area (Å²) in [7, 11) is 0. The number of nitrogens with zero attached hydrogens (tertiary/aromatic N) is 10. The molecule has 3 aliphatic rings. The molecular weight excluding hydrogens is 972 g/mol. The Bertz CT molecular complexity index is 3190. The van der Waals surface area contributed by atoms with E-state index < -0.39 is 24.2 Å². The van der Waals surface area contributed by atoms with Gasteiger partial charge in [0.05, 0.1) is 52.3 Å². The minimum absolute atomic E-state index is 0.0323. The van der Waals surface area contributed by atoms with Gasteiger partial charge in [0.1, 0.15) is 35.1 Å². The number of fused-ring (bicyclic) bond motifs is 3. The number of likely N-dealkylation sites (tertiary alicyclic amines) is 1. The minimum atomic E-state index is -0.854. The second-order valence-corrected chi connectivity index (χ2v) is 21.7. The zero-order valence-electron chi connectivity index (χ0n) is 40.9. The highest BCUT2D eigenvalue weighted by Crippen LogP contribution is 2.40. The van der Waals surface area contributed by atoms with Crippen molar-refractivity contribution < 1.29 is 24.2 Å². The quantitative estimate of drug-likeness (QED) is 0.0950. The van der Waals surface area contributed by atoms with Crippen LogP contribution < -0.4 is 15.4 Å². The average molecular weight is 1030 g/mol. The smallest absolute Gasteiger partial charge is 0.317 e. The third-order valence-electron chi connectivity index (χ3n) is 13.8. The van der Waals surface area contributed by atoms with Crippen LogP contribution in [0.2, 0.25) is 5.02 Å². The molecule has 3 amide bonds. The van der Waals surface area contributed by atoms with Gasteiger partial charge in [-0.05, 0) is 75.4 Å². The van der Waals surface area contributed by atoms with Gasteiger partial charge >= 0.3 is 6.01 Å². The molecule has 5 atom stereocenters. The Balaban J connectivity index is 0.762. The topological polar surface area (TPSA) is 208 Å². The fourth-order valence-electron chi connectivity index (χ4n) is 9.78. The van der Waals surface area contributed by atoms with E-state index >= 15 is 0 Å². The van der Waals surface area contributed by atoms with Crippen LogP contribution in [0, 0.1) is 33.6 Å². The molecular formula is C52H55ClN12O5S2. The number of aliphatic hydroxyl groups is 1. The first-order chi connectivity index (χ1) is 34.6. The average Bonchev–Trinajstić information content (AvgIpc) is 4.19. The number of hydrogen-bond acceptors (Lipinski definition) is 14. The van der Waals surface area contributed by atoms with Crippen LogP contribution in [-0.2, 0) is 14.4 Å². The highest BCUT2D eigenvalue weighted by molar-refractivity contribution is 7.15. The van der Waals surface area contributed by atoms with Crippen LogP contribution in [0.4, 0.5) is 0 Å². The van der Waals surface area contributed by atoms with Gasteiger partial charge in [-0.25, -0.2) is 9.97 Å². The molecule has 0 radical (unpaired) electrons. The predicted octanol–water partition coefficient (Wildman–Crippen LogP) is 8.04. The summed E-state index contributed by atoms with van der Waals surface area (Å²) in [6, 6.07) is 14.9. The first-order valence-corrected chi connectivity index (χ1v) is 26.2. The second-order valence-electron chi connectivity index (χ2n) is 19.2. The lowest BCUT2D eigenvalue weighted by molar-refractivity contribution is -0.142. The standard InChI is InChI=1S/C52H55ClN12O5S2/c1-26(2)46(50(69)63-24-38(66)20-42(63)49(68)57-28(4)32-8-10-34(11-9-32)47-29(5)55-25-71-47)64-23-35(22-56-64)40-16-17-54-52(60-40)70-39-18-37(19-39)58-43(67)21-41-48-62-61-31(7)65(48)51-44(27(3)30(6)72-51)45(59-41)33-12-14-36(53)15-13-33/h8-17,22-23,25-26,28,37-39,41-42,46,66H,18-21,24H2,1-7H3,(H,57,68)(H,58,67)/t28-,37-,38+,39+,41-,42-,46?/m0/s1. The third kappa shape index (κ3) is 9.69. The summed E-state index contributed by atoms with van der Waals surface area (Å²) in [6.45, 7) is 13.9. The molecule has 17 nitrogen and oxygen atoms in total. The van der Waals surface area contributed by atoms with Crippen LogP contribution in [0.1, 0.15) is 109 Å². The number of β-amino-alcohol motifs (C(OH)–C–C–N with tert-alkyl or cyclic N) is 1. The van der Waals surface area contributed by atoms with E-state index in [9.17, 15) is 19.5 Å². The normalized spacial score (nSPS) is 20.2. The molecule has 3 N–H and O–H groups in total. The van der Waals surface area contributed by atoms with Gasteiger partial charge in [-0.3, -0.25) is 28.6 Å². The van der Waals surface area contributed by atoms with Crippen LogP contribution in [0.5, 0.6) is 6.01 Å². The summed E-state index contributed by atoms with van der Waals surface area (Å²) < 4.78 is 9.84. The van der Waals surface area contributed by atoms with Crippen molar-refractivity contribution in [2.45, 2.75) is 117 Å². The molecule has 1 saturated carbocycles. The Hall–Kier alpha value is -6.67. The van der Waals surface area contributed by atoms with Gasteiger partial charge in [0, 0.05) is 70.8 Å². The number of carbonyl (C=O) groups is 3. The van der Waals surface area contributed by atoms with Crippen molar-refractivity contribution in [3.05, 3.63) is 128 Å². The second kappa shape index (κ2) is 20.1. The lowest BCUT2D eigenvalue weighted by Crippen LogP contribution is -2.49. The number of benzene rings is 2. The van der Waals surface area contributed by atoms with E-state index in [0.717, 1.165) is 54.9 Å². The lowest BCUT2D eigenvalue weighted by atomic mass is 9.89. The Kier molecular flexibility index (Phi) is 13.7. The molecule has 2 fully saturated rings. The Labute approximate surface area is 429 Å². The molecule has 0 bridgehead atoms. The van der Waals surface area contributed by atoms with Gasteiger partial charge in [0.25, 0.3) is 0 Å². The molecule has 20 heteroatoms. The van der Waals surface area contributed by atoms with E-state index in [1.807, 2.05) is 93.2 Å². The van der Waals surface area contributed by atoms with Gasteiger partial charge in [0.15, 0.2) is 5.82 Å². The SMILES string of the molecule is Cc1ncsc1-c1ccc([C@H](C)NC(=O)[C@@H]2C[C@@H](O)CN2C(=O)C(C(C)C)n2cc(-c3ccnc(O[C@H]4C[C@@H](NC(=O)C[C@@H]5N=C(c6ccc(Cl)cc6)c6c(sc(C)c6C)-n6c(C)nnc65)C4)n3)cn2)cc1. The molecule has 1 unspecified atom stereocenters. The maximum Gasteiger partial charge on any atom is 0.317 e. The van der Waals surface area contributed by atoms with E-state index in [1.54, 1.807) is 52.0 Å². The summed E-state index contributed by atoms with van der Waals surface area (Å²) in [4.78, 5) is 64.4. The first kappa shape index (κ1) is 48.9. The summed E-state index contributed by atoms with van der Waals surface area (Å²) in [6.07, 6.45) is 5.26. The molecule has 0 spiro atoms. The number of nitrogens with one attached hydrogen (secondary N) is 2. The zero-order valence-corrected chi connectivity index (χ0v) is 43.3. The van der Waals surface area contributed by atoms with E-state index in [-0.39, 0.29) is 67.2 Å². The van der Waals surface area contributed by atoms with Crippen molar-refractivity contribution in [3.8, 4) is 32.7 Å². The number of aromatic nitrogens is 8. The fourth-order valence-corrected chi connectivity index (χ4v) is 11.9. The molecule has 7 aromatic rings. The van der Waals surface area contributed by atoms with Crippen molar-refractivity contribution in [2.24, 2.45) is 10.9 Å². The number of rotatable bonds is 14. The summed E-state index contributed by atoms with van der Waals surface area (Å²) >= 11 is 9.53. The zero-order chi connectivity index (χ0) is 50.5. The molecule has 2 aliphatic heterocycles. The molecule has 72 heavy (non-hydrogen) atoms. The van der Waals surface area contributed by atoms with Gasteiger partial charge in [-0.2, -0.15) is 10.1 Å². The molecule has 1 aliphatic carbocycles. The number of thiophene rings is 1. The fraction of sp³-hybridized carbons (Fsp3) is 0.385. The highest BCUT2D eigenvalue weighted by Gasteiger charge is 2.43. The van der Waals surface area contributed by atoms with Crippen LogP contribution in [0.25, 0.3) is 26.7 Å². The number of amides is 3. The molecule has 1 saturated heterocycles. The number of aliphatic hydroxyl groups excluding tert-OH is 1. The minimum Gasteiger partial charge on any atom is -0.460 e. The molecule has 2 aromatic carbocycles. The van der Waals surface area contributed by atoms with Crippen molar-refractivity contribution in [2.75, 3.05) is 6.54 Å². The van der Waals surface area contributed by atoms with Crippen LogP contribution >= 0.6 is 34.3 Å². The Morgan fingerprint density at radius 3 is 2.40 bits per heavy atom. The summed E-state index contributed by atoms with van der Waals surface area (Å²) in [5, 5.41) is 32.2. The number of ether oxygens (including phenoxy) is 1. The van der Waals surface area contributed by atoms with Gasteiger partial charge < -0.3 is 25.4 Å². The van der Waals surface area contributed by atoms with Crippen LogP contribution in [0.3, 0.4) is 0 Å². The molecule has 10 rings (SSSR count). The van der Waals surface area contributed by atoms with Crippen molar-refractivity contribution >= 4 is 57.7 Å². The number of aliphatic imine (C=N–C) groups is 1. The van der Waals surface area contributed by atoms with Crippen molar-refractivity contribution in [1.82, 2.24) is 55.0 Å². The number of hydrogen-bond donors (Lipinski definition) is 3. The number of carbonyl (C=O) groups excluding carboxylic acids is 3. The highest BCUT2D eigenvalue weighted by atomic mass is 35.5. The van der Waals surface area contributed by atoms with Crippen LogP contribution in [-0.4, -0.2) is 104 Å². The maximum atomic E-state index is 14.4.